The molecule has 3 rings (SSSR count). The van der Waals surface area contributed by atoms with Crippen molar-refractivity contribution in [2.75, 3.05) is 13.1 Å². The molecule has 1 aromatic carbocycles. The van der Waals surface area contributed by atoms with Crippen LogP contribution in [0.1, 0.15) is 27.5 Å². The molecule has 2 aromatic rings. The van der Waals surface area contributed by atoms with Gasteiger partial charge in [-0.15, -0.1) is 11.3 Å². The molecule has 2 amide bonds. The van der Waals surface area contributed by atoms with Crippen LogP contribution in [-0.4, -0.2) is 55.2 Å². The van der Waals surface area contributed by atoms with Gasteiger partial charge in [0.1, 0.15) is 16.7 Å². The molecule has 0 saturated carbocycles. The van der Waals surface area contributed by atoms with Crippen molar-refractivity contribution >= 4 is 33.2 Å². The van der Waals surface area contributed by atoms with Crippen LogP contribution >= 0.6 is 11.3 Å². The van der Waals surface area contributed by atoms with Crippen molar-refractivity contribution in [1.29, 1.82) is 5.26 Å². The van der Waals surface area contributed by atoms with Crippen molar-refractivity contribution in [2.45, 2.75) is 36.7 Å². The van der Waals surface area contributed by atoms with E-state index in [-0.39, 0.29) is 17.1 Å². The van der Waals surface area contributed by atoms with Gasteiger partial charge in [0.25, 0.3) is 11.8 Å². The molecule has 1 aliphatic heterocycles. The molecule has 2 heterocycles. The van der Waals surface area contributed by atoms with Gasteiger partial charge in [-0.2, -0.15) is 5.26 Å². The maximum absolute atomic E-state index is 13.5. The predicted octanol–water partition coefficient (Wildman–Crippen LogP) is 1.42. The topological polar surface area (TPSA) is 132 Å². The van der Waals surface area contributed by atoms with Crippen LogP contribution in [0.2, 0.25) is 0 Å². The van der Waals surface area contributed by atoms with E-state index in [9.17, 15) is 26.8 Å². The Hall–Kier alpha value is -2.95. The van der Waals surface area contributed by atoms with Gasteiger partial charge in [-0.3, -0.25) is 9.59 Å². The minimum atomic E-state index is -3.76. The molecule has 0 aliphatic carbocycles. The highest BCUT2D eigenvalue weighted by Gasteiger charge is 2.47. The van der Waals surface area contributed by atoms with Crippen molar-refractivity contribution in [3.8, 4) is 6.07 Å². The Morgan fingerprint density at radius 2 is 2.03 bits per heavy atom. The van der Waals surface area contributed by atoms with Crippen LogP contribution in [0.5, 0.6) is 0 Å². The molecule has 1 aliphatic rings. The zero-order chi connectivity index (χ0) is 23.5. The number of nitrogens with one attached hydrogen (secondary N) is 2. The number of sulfonamides is 1. The van der Waals surface area contributed by atoms with Gasteiger partial charge >= 0.3 is 0 Å². The maximum Gasteiger partial charge on any atom is 0.271 e. The fourth-order valence-electron chi connectivity index (χ4n) is 3.00. The molecule has 2 N–H and O–H groups in total. The number of nitriles is 1. The van der Waals surface area contributed by atoms with E-state index in [1.165, 1.54) is 17.5 Å². The standard InChI is InChI=1S/C19H19F2N5O4S2/c1-12-2-4-14(5-3-12)32(29,30)24-8-16-25-15(10-31-16)18(28)23-9-17(27)26-11-19(20,21)6-13(26)7-22/h2-5,10,13,24H,6,8-9,11H2,1H3,(H,23,28)/t13-/m0/s1. The summed E-state index contributed by atoms with van der Waals surface area (Å²) in [4.78, 5) is 29.2. The molecule has 1 atom stereocenters. The van der Waals surface area contributed by atoms with Gasteiger partial charge in [0.15, 0.2) is 0 Å². The molecule has 170 valence electrons. The Morgan fingerprint density at radius 3 is 2.69 bits per heavy atom. The summed E-state index contributed by atoms with van der Waals surface area (Å²) in [7, 11) is -3.76. The number of alkyl halides is 2. The summed E-state index contributed by atoms with van der Waals surface area (Å²) in [5, 5.41) is 12.9. The number of aromatic nitrogens is 1. The second kappa shape index (κ2) is 9.27. The van der Waals surface area contributed by atoms with Crippen LogP contribution in [0.15, 0.2) is 34.5 Å². The number of halogens is 2. The van der Waals surface area contributed by atoms with Crippen LogP contribution in [0.25, 0.3) is 0 Å². The Bertz CT molecular complexity index is 1160. The zero-order valence-corrected chi connectivity index (χ0v) is 18.5. The third-order valence-electron chi connectivity index (χ3n) is 4.67. The number of hydrogen-bond donors (Lipinski definition) is 2. The van der Waals surface area contributed by atoms with Crippen LogP contribution < -0.4 is 10.0 Å². The normalized spacial score (nSPS) is 17.7. The lowest BCUT2D eigenvalue weighted by Crippen LogP contribution is -2.43. The molecule has 32 heavy (non-hydrogen) atoms. The molecule has 0 bridgehead atoms. The molecule has 1 fully saturated rings. The Balaban J connectivity index is 1.54. The van der Waals surface area contributed by atoms with E-state index < -0.39 is 53.3 Å². The fraction of sp³-hybridized carbons (Fsp3) is 0.368. The zero-order valence-electron chi connectivity index (χ0n) is 16.8. The van der Waals surface area contributed by atoms with Gasteiger partial charge in [-0.05, 0) is 19.1 Å². The van der Waals surface area contributed by atoms with Gasteiger partial charge in [-0.25, -0.2) is 26.9 Å². The highest BCUT2D eigenvalue weighted by atomic mass is 32.2. The van der Waals surface area contributed by atoms with Crippen molar-refractivity contribution in [1.82, 2.24) is 19.9 Å². The lowest BCUT2D eigenvalue weighted by Gasteiger charge is -2.19. The molecule has 9 nitrogen and oxygen atoms in total. The largest absolute Gasteiger partial charge is 0.342 e. The molecule has 0 radical (unpaired) electrons. The molecule has 1 aromatic heterocycles. The number of carbonyl (C=O) groups is 2. The van der Waals surface area contributed by atoms with E-state index in [0.717, 1.165) is 21.8 Å². The number of benzene rings is 1. The average Bonchev–Trinajstić information content (AvgIpc) is 3.34. The minimum absolute atomic E-state index is 0.0454. The first-order valence-corrected chi connectivity index (χ1v) is 11.7. The molecule has 1 saturated heterocycles. The van der Waals surface area contributed by atoms with Crippen LogP contribution in [0, 0.1) is 18.3 Å². The minimum Gasteiger partial charge on any atom is -0.342 e. The highest BCUT2D eigenvalue weighted by Crippen LogP contribution is 2.31. The number of rotatable bonds is 7. The first-order chi connectivity index (χ1) is 15.0. The molecule has 0 spiro atoms. The number of likely N-dealkylation sites (tertiary alicyclic amines) is 1. The highest BCUT2D eigenvalue weighted by molar-refractivity contribution is 7.89. The SMILES string of the molecule is Cc1ccc(S(=O)(=O)NCc2nc(C(=O)NCC(=O)N3CC(F)(F)C[C@H]3C#N)cs2)cc1. The number of hydrogen-bond acceptors (Lipinski definition) is 7. The average molecular weight is 484 g/mol. The Labute approximate surface area is 187 Å². The summed E-state index contributed by atoms with van der Waals surface area (Å²) in [5.41, 5.74) is 0.871. The van der Waals surface area contributed by atoms with Crippen LogP contribution in [0.3, 0.4) is 0 Å². The van der Waals surface area contributed by atoms with E-state index in [4.69, 9.17) is 5.26 Å². The van der Waals surface area contributed by atoms with Crippen molar-refractivity contribution < 1.29 is 26.8 Å². The van der Waals surface area contributed by atoms with E-state index in [1.807, 2.05) is 6.92 Å². The summed E-state index contributed by atoms with van der Waals surface area (Å²) in [6.07, 6.45) is -0.739. The third-order valence-corrected chi connectivity index (χ3v) is 6.93. The molecule has 0 unspecified atom stereocenters. The Morgan fingerprint density at radius 1 is 1.34 bits per heavy atom. The summed E-state index contributed by atoms with van der Waals surface area (Å²) in [6, 6.07) is 6.70. The smallest absolute Gasteiger partial charge is 0.271 e. The van der Waals surface area contributed by atoms with E-state index in [1.54, 1.807) is 18.2 Å². The summed E-state index contributed by atoms with van der Waals surface area (Å²) < 4.78 is 53.9. The van der Waals surface area contributed by atoms with Gasteiger partial charge in [0.2, 0.25) is 15.9 Å². The second-order valence-corrected chi connectivity index (χ2v) is 9.88. The number of amides is 2. The number of aryl methyl sites for hydroxylation is 1. The monoisotopic (exact) mass is 483 g/mol. The van der Waals surface area contributed by atoms with Crippen LogP contribution in [0.4, 0.5) is 8.78 Å². The Kier molecular flexibility index (Phi) is 6.87. The first-order valence-electron chi connectivity index (χ1n) is 9.36. The molecule has 13 heteroatoms. The third kappa shape index (κ3) is 5.64. The fourth-order valence-corrected chi connectivity index (χ4v) is 4.79. The van der Waals surface area contributed by atoms with E-state index >= 15 is 0 Å². The molecular formula is C19H19F2N5O4S2. The first kappa shape index (κ1) is 23.7. The summed E-state index contributed by atoms with van der Waals surface area (Å²) >= 11 is 1.04. The van der Waals surface area contributed by atoms with Gasteiger partial charge in [-0.1, -0.05) is 17.7 Å². The second-order valence-electron chi connectivity index (χ2n) is 7.17. The number of carbonyl (C=O) groups excluding carboxylic acids is 2. The van der Waals surface area contributed by atoms with Gasteiger partial charge in [0.05, 0.1) is 30.6 Å². The number of nitrogens with zero attached hydrogens (tertiary/aromatic N) is 3. The van der Waals surface area contributed by atoms with E-state index in [2.05, 4.69) is 15.0 Å². The lowest BCUT2D eigenvalue weighted by atomic mass is 10.2. The predicted molar refractivity (Wildman–Crippen MR) is 110 cm³/mol. The van der Waals surface area contributed by atoms with Gasteiger partial charge < -0.3 is 10.2 Å². The molecular weight excluding hydrogens is 464 g/mol. The lowest BCUT2D eigenvalue weighted by molar-refractivity contribution is -0.131. The van der Waals surface area contributed by atoms with Crippen molar-refractivity contribution in [3.63, 3.8) is 0 Å². The van der Waals surface area contributed by atoms with Crippen molar-refractivity contribution in [2.24, 2.45) is 0 Å². The quantitative estimate of drug-likeness (QED) is 0.612. The van der Waals surface area contributed by atoms with Crippen LogP contribution in [-0.2, 0) is 21.4 Å². The van der Waals surface area contributed by atoms with Gasteiger partial charge in [0, 0.05) is 11.8 Å². The summed E-state index contributed by atoms with van der Waals surface area (Å²) in [6.45, 7) is 0.253. The number of thiazole rings is 1. The summed E-state index contributed by atoms with van der Waals surface area (Å²) in [5.74, 6) is -4.67. The van der Waals surface area contributed by atoms with Crippen molar-refractivity contribution in [3.05, 3.63) is 45.9 Å². The maximum atomic E-state index is 13.5. The van der Waals surface area contributed by atoms with E-state index in [0.29, 0.717) is 5.01 Å².